The van der Waals surface area contributed by atoms with Crippen LogP contribution in [0.3, 0.4) is 0 Å². The number of nitrogens with two attached hydrogens (primary N) is 1. The lowest BCUT2D eigenvalue weighted by molar-refractivity contribution is -0.143. The van der Waals surface area contributed by atoms with Crippen molar-refractivity contribution in [3.05, 3.63) is 90.1 Å². The monoisotopic (exact) mass is 603 g/mol. The Balaban J connectivity index is 1.47. The summed E-state index contributed by atoms with van der Waals surface area (Å²) in [7, 11) is 0. The van der Waals surface area contributed by atoms with Gasteiger partial charge in [-0.15, -0.1) is 0 Å². The number of aromatic nitrogens is 3. The number of rotatable bonds is 15. The third kappa shape index (κ3) is 8.51. The van der Waals surface area contributed by atoms with E-state index in [-0.39, 0.29) is 19.3 Å². The standard InChI is InChI=1S/C30H33N7O7/c31-21(11-18-14-33-22-9-5-4-8-20(18)22)27(40)35-23(12-19-15-32-16-34-19)28(41)36-24(13-26(38)39)29(42)37-25(30(43)44)10-17-6-2-1-3-7-17/h1-9,14-16,21,23-25,33H,10-13,31H2,(H,32,34)(H,35,40)(H,36,41)(H,37,42)(H,38,39)(H,43,44). The number of aliphatic carboxylic acids is 2. The summed E-state index contributed by atoms with van der Waals surface area (Å²) < 4.78 is 0. The normalized spacial score (nSPS) is 13.8. The van der Waals surface area contributed by atoms with E-state index in [1.807, 2.05) is 24.3 Å². The van der Waals surface area contributed by atoms with Gasteiger partial charge in [-0.25, -0.2) is 9.78 Å². The van der Waals surface area contributed by atoms with E-state index in [1.165, 1.54) is 12.5 Å². The molecule has 14 heteroatoms. The number of para-hydroxylation sites is 1. The Labute approximate surface area is 251 Å². The predicted molar refractivity (Wildman–Crippen MR) is 158 cm³/mol. The second kappa shape index (κ2) is 14.6. The van der Waals surface area contributed by atoms with Crippen LogP contribution in [0.5, 0.6) is 0 Å². The first-order valence-corrected chi connectivity index (χ1v) is 13.8. The molecule has 0 fully saturated rings. The van der Waals surface area contributed by atoms with Gasteiger partial charge in [-0.05, 0) is 23.6 Å². The lowest BCUT2D eigenvalue weighted by Crippen LogP contribution is -2.58. The Bertz CT molecular complexity index is 1600. The van der Waals surface area contributed by atoms with Crippen LogP contribution in [-0.2, 0) is 43.2 Å². The molecular formula is C30H33N7O7. The quantitative estimate of drug-likeness (QED) is 0.0929. The van der Waals surface area contributed by atoms with E-state index in [2.05, 4.69) is 30.9 Å². The first-order valence-electron chi connectivity index (χ1n) is 13.8. The number of carbonyl (C=O) groups is 5. The van der Waals surface area contributed by atoms with Crippen LogP contribution in [-0.4, -0.2) is 79.0 Å². The molecule has 4 atom stereocenters. The molecule has 2 aromatic carbocycles. The number of aromatic amines is 2. The predicted octanol–water partition coefficient (Wildman–Crippen LogP) is 0.260. The number of nitrogens with one attached hydrogen (secondary N) is 5. The number of nitrogens with zero attached hydrogens (tertiary/aromatic N) is 1. The fourth-order valence-electron chi connectivity index (χ4n) is 4.71. The molecule has 2 aromatic heterocycles. The summed E-state index contributed by atoms with van der Waals surface area (Å²) in [5.41, 5.74) is 9.00. The molecular weight excluding hydrogens is 570 g/mol. The van der Waals surface area contributed by atoms with Gasteiger partial charge >= 0.3 is 11.9 Å². The summed E-state index contributed by atoms with van der Waals surface area (Å²) in [4.78, 5) is 73.0. The van der Waals surface area contributed by atoms with Gasteiger partial charge < -0.3 is 41.9 Å². The molecule has 230 valence electrons. The summed E-state index contributed by atoms with van der Waals surface area (Å²) in [6.45, 7) is 0. The van der Waals surface area contributed by atoms with Crippen molar-refractivity contribution in [2.24, 2.45) is 5.73 Å². The van der Waals surface area contributed by atoms with Gasteiger partial charge in [0.2, 0.25) is 17.7 Å². The Hall–Kier alpha value is -5.50. The molecule has 0 saturated heterocycles. The van der Waals surface area contributed by atoms with Crippen LogP contribution in [0.25, 0.3) is 10.9 Å². The molecule has 3 amide bonds. The zero-order valence-corrected chi connectivity index (χ0v) is 23.5. The number of carboxylic acids is 2. The maximum atomic E-state index is 13.4. The van der Waals surface area contributed by atoms with Gasteiger partial charge in [0, 0.05) is 41.8 Å². The van der Waals surface area contributed by atoms with Gasteiger partial charge in [0.15, 0.2) is 0 Å². The lowest BCUT2D eigenvalue weighted by Gasteiger charge is -2.24. The summed E-state index contributed by atoms with van der Waals surface area (Å²) >= 11 is 0. The Morgan fingerprint density at radius 3 is 2.11 bits per heavy atom. The molecule has 0 aliphatic heterocycles. The molecule has 9 N–H and O–H groups in total. The minimum Gasteiger partial charge on any atom is -0.481 e. The first kappa shape index (κ1) is 31.4. The van der Waals surface area contributed by atoms with Crippen molar-refractivity contribution in [2.75, 3.05) is 0 Å². The molecule has 0 radical (unpaired) electrons. The molecule has 4 rings (SSSR count). The number of carbonyl (C=O) groups excluding carboxylic acids is 3. The number of hydrogen-bond acceptors (Lipinski definition) is 7. The highest BCUT2D eigenvalue weighted by Gasteiger charge is 2.32. The van der Waals surface area contributed by atoms with Crippen molar-refractivity contribution >= 4 is 40.6 Å². The average Bonchev–Trinajstić information content (AvgIpc) is 3.66. The fraction of sp³-hybridized carbons (Fsp3) is 0.267. The Morgan fingerprint density at radius 2 is 1.43 bits per heavy atom. The van der Waals surface area contributed by atoms with Crippen LogP contribution in [0, 0.1) is 0 Å². The van der Waals surface area contributed by atoms with Crippen molar-refractivity contribution < 1.29 is 34.2 Å². The third-order valence-corrected chi connectivity index (χ3v) is 6.97. The maximum absolute atomic E-state index is 13.4. The number of hydrogen-bond donors (Lipinski definition) is 8. The molecule has 4 aromatic rings. The van der Waals surface area contributed by atoms with E-state index in [9.17, 15) is 34.2 Å². The molecule has 0 aliphatic rings. The number of carboxylic acid groups (broad SMARTS) is 2. The average molecular weight is 604 g/mol. The summed E-state index contributed by atoms with van der Waals surface area (Å²) in [5.74, 6) is -5.27. The number of fused-ring (bicyclic) bond motifs is 1. The van der Waals surface area contributed by atoms with Gasteiger partial charge in [-0.3, -0.25) is 19.2 Å². The van der Waals surface area contributed by atoms with Crippen LogP contribution in [0.15, 0.2) is 73.3 Å². The first-order chi connectivity index (χ1) is 21.1. The van der Waals surface area contributed by atoms with E-state index >= 15 is 0 Å². The largest absolute Gasteiger partial charge is 0.481 e. The van der Waals surface area contributed by atoms with E-state index in [4.69, 9.17) is 5.73 Å². The summed E-state index contributed by atoms with van der Waals surface area (Å²) in [6.07, 6.45) is 3.77. The van der Waals surface area contributed by atoms with E-state index < -0.39 is 60.2 Å². The molecule has 14 nitrogen and oxygen atoms in total. The highest BCUT2D eigenvalue weighted by atomic mass is 16.4. The minimum absolute atomic E-state index is 0.0670. The van der Waals surface area contributed by atoms with Crippen LogP contribution in [0.2, 0.25) is 0 Å². The second-order valence-corrected chi connectivity index (χ2v) is 10.3. The highest BCUT2D eigenvalue weighted by Crippen LogP contribution is 2.19. The number of H-pyrrole nitrogens is 2. The molecule has 2 heterocycles. The van der Waals surface area contributed by atoms with Gasteiger partial charge in [-0.1, -0.05) is 48.5 Å². The smallest absolute Gasteiger partial charge is 0.326 e. The van der Waals surface area contributed by atoms with Gasteiger partial charge in [0.05, 0.1) is 18.8 Å². The number of imidazole rings is 1. The van der Waals surface area contributed by atoms with Crippen molar-refractivity contribution in [3.8, 4) is 0 Å². The second-order valence-electron chi connectivity index (χ2n) is 10.3. The topological polar surface area (TPSA) is 232 Å². The molecule has 0 bridgehead atoms. The number of amides is 3. The van der Waals surface area contributed by atoms with Crippen molar-refractivity contribution in [2.45, 2.75) is 49.9 Å². The van der Waals surface area contributed by atoms with Crippen molar-refractivity contribution in [1.82, 2.24) is 30.9 Å². The van der Waals surface area contributed by atoms with Crippen LogP contribution < -0.4 is 21.7 Å². The lowest BCUT2D eigenvalue weighted by atomic mass is 10.0. The Morgan fingerprint density at radius 1 is 0.773 bits per heavy atom. The third-order valence-electron chi connectivity index (χ3n) is 6.97. The molecule has 44 heavy (non-hydrogen) atoms. The zero-order valence-electron chi connectivity index (χ0n) is 23.5. The van der Waals surface area contributed by atoms with Gasteiger partial charge in [0.25, 0.3) is 0 Å². The zero-order chi connectivity index (χ0) is 31.6. The van der Waals surface area contributed by atoms with Crippen LogP contribution in [0.1, 0.15) is 23.2 Å². The van der Waals surface area contributed by atoms with Gasteiger partial charge in [0.1, 0.15) is 18.1 Å². The van der Waals surface area contributed by atoms with E-state index in [1.54, 1.807) is 36.5 Å². The molecule has 0 saturated carbocycles. The summed E-state index contributed by atoms with van der Waals surface area (Å²) in [5, 5.41) is 27.3. The Kier molecular flexibility index (Phi) is 10.4. The van der Waals surface area contributed by atoms with Gasteiger partial charge in [-0.2, -0.15) is 0 Å². The molecule has 4 unspecified atom stereocenters. The minimum atomic E-state index is -1.64. The maximum Gasteiger partial charge on any atom is 0.326 e. The SMILES string of the molecule is NC(Cc1c[nH]c2ccccc12)C(=O)NC(Cc1cnc[nH]1)C(=O)NC(CC(=O)O)C(=O)NC(Cc1ccccc1)C(=O)O. The highest BCUT2D eigenvalue weighted by molar-refractivity contribution is 5.96. The number of benzene rings is 2. The van der Waals surface area contributed by atoms with Crippen molar-refractivity contribution in [1.29, 1.82) is 0 Å². The van der Waals surface area contributed by atoms with E-state index in [0.29, 0.717) is 11.3 Å². The van der Waals surface area contributed by atoms with E-state index in [0.717, 1.165) is 16.5 Å². The molecule has 0 aliphatic carbocycles. The molecule has 0 spiro atoms. The summed E-state index contributed by atoms with van der Waals surface area (Å²) in [6, 6.07) is 10.7. The van der Waals surface area contributed by atoms with Crippen molar-refractivity contribution in [3.63, 3.8) is 0 Å². The fourth-order valence-corrected chi connectivity index (χ4v) is 4.71. The van der Waals surface area contributed by atoms with Crippen LogP contribution >= 0.6 is 0 Å². The van der Waals surface area contributed by atoms with Crippen LogP contribution in [0.4, 0.5) is 0 Å².